The maximum Gasteiger partial charge on any atom is 0.409 e. The predicted octanol–water partition coefficient (Wildman–Crippen LogP) is 4.12. The fourth-order valence-electron chi connectivity index (χ4n) is 3.72. The second-order valence-electron chi connectivity index (χ2n) is 8.26. The third-order valence-electron chi connectivity index (χ3n) is 5.51. The number of carbonyl (C=O) groups is 3. The molecule has 0 spiro atoms. The molecule has 1 aliphatic rings. The fourth-order valence-corrected chi connectivity index (χ4v) is 3.72. The van der Waals surface area contributed by atoms with E-state index in [1.54, 1.807) is 4.90 Å². The summed E-state index contributed by atoms with van der Waals surface area (Å²) in [6, 6.07) is 0.898. The van der Waals surface area contributed by atoms with Crippen LogP contribution in [0, 0.1) is 11.7 Å². The number of nitrogens with zero attached hydrogens (tertiary/aromatic N) is 3. The second kappa shape index (κ2) is 13.1. The van der Waals surface area contributed by atoms with Gasteiger partial charge < -0.3 is 24.4 Å². The molecular formula is C24H27F4N5O6. The van der Waals surface area contributed by atoms with E-state index in [9.17, 15) is 31.9 Å². The van der Waals surface area contributed by atoms with E-state index in [0.29, 0.717) is 19.2 Å². The number of amides is 2. The molecule has 0 bridgehead atoms. The molecule has 0 radical (unpaired) electrons. The first-order chi connectivity index (χ1) is 18.5. The third-order valence-corrected chi connectivity index (χ3v) is 5.51. The number of aromatic nitrogens is 2. The van der Waals surface area contributed by atoms with Crippen molar-refractivity contribution in [2.75, 3.05) is 36.9 Å². The molecular weight excluding hydrogens is 530 g/mol. The van der Waals surface area contributed by atoms with Crippen molar-refractivity contribution < 1.29 is 46.2 Å². The Hall–Kier alpha value is -4.17. The number of likely N-dealkylation sites (tertiary alicyclic amines) is 1. The second-order valence-corrected chi connectivity index (χ2v) is 8.26. The predicted molar refractivity (Wildman–Crippen MR) is 129 cm³/mol. The van der Waals surface area contributed by atoms with Gasteiger partial charge in [0.15, 0.2) is 17.5 Å². The number of carbonyl (C=O) groups excluding carboxylic acids is 3. The van der Waals surface area contributed by atoms with Gasteiger partial charge in [0.2, 0.25) is 5.88 Å². The van der Waals surface area contributed by atoms with E-state index >= 15 is 0 Å². The first kappa shape index (κ1) is 29.4. The summed E-state index contributed by atoms with van der Waals surface area (Å²) in [5.41, 5.74) is -0.401. The van der Waals surface area contributed by atoms with Gasteiger partial charge >= 0.3 is 24.1 Å². The standard InChI is InChI=1S/C24H27F4N5O6/c1-3-37-21(34)19(22(35)38-4-2)20(24(26,27)28)31-14-7-8-16(15(25)11-14)39-18-12-17(29-13-30-18)32-23(36)33-9-5-6-10-33/h7-8,11-13,19-20,31H,3-6,9-10H2,1-2H3,(H,29,30,32,36). The lowest BCUT2D eigenvalue weighted by Crippen LogP contribution is -2.50. The van der Waals surface area contributed by atoms with Crippen LogP contribution in [0.15, 0.2) is 30.6 Å². The summed E-state index contributed by atoms with van der Waals surface area (Å²) < 4.78 is 71.2. The number of hydrogen-bond acceptors (Lipinski definition) is 9. The van der Waals surface area contributed by atoms with E-state index in [1.807, 2.05) is 5.32 Å². The lowest BCUT2D eigenvalue weighted by Gasteiger charge is -2.28. The summed E-state index contributed by atoms with van der Waals surface area (Å²) >= 11 is 0. The first-order valence-corrected chi connectivity index (χ1v) is 12.0. The molecule has 11 nitrogen and oxygen atoms in total. The molecule has 1 fully saturated rings. The van der Waals surface area contributed by atoms with Gasteiger partial charge in [0.1, 0.15) is 18.2 Å². The highest BCUT2D eigenvalue weighted by atomic mass is 19.4. The Labute approximate surface area is 220 Å². The number of ether oxygens (including phenoxy) is 3. The van der Waals surface area contributed by atoms with Gasteiger partial charge in [-0.25, -0.2) is 19.2 Å². The van der Waals surface area contributed by atoms with Crippen LogP contribution in [0.2, 0.25) is 0 Å². The Balaban J connectivity index is 1.77. The van der Waals surface area contributed by atoms with Crippen LogP contribution in [-0.2, 0) is 19.1 Å². The number of hydrogen-bond donors (Lipinski definition) is 2. The molecule has 1 aliphatic heterocycles. The van der Waals surface area contributed by atoms with Crippen molar-refractivity contribution in [2.45, 2.75) is 38.9 Å². The van der Waals surface area contributed by atoms with Crippen molar-refractivity contribution in [2.24, 2.45) is 5.92 Å². The molecule has 3 rings (SSSR count). The van der Waals surface area contributed by atoms with Crippen LogP contribution < -0.4 is 15.4 Å². The number of urea groups is 1. The molecule has 2 heterocycles. The van der Waals surface area contributed by atoms with E-state index in [-0.39, 0.29) is 30.9 Å². The Morgan fingerprint density at radius 2 is 1.67 bits per heavy atom. The molecule has 1 aromatic heterocycles. The summed E-state index contributed by atoms with van der Waals surface area (Å²) in [4.78, 5) is 46.1. The Kier molecular flexibility index (Phi) is 9.84. The zero-order valence-electron chi connectivity index (χ0n) is 21.1. The van der Waals surface area contributed by atoms with Crippen molar-refractivity contribution in [3.63, 3.8) is 0 Å². The summed E-state index contributed by atoms with van der Waals surface area (Å²) in [7, 11) is 0. The highest BCUT2D eigenvalue weighted by molar-refractivity contribution is 5.96. The molecule has 39 heavy (non-hydrogen) atoms. The largest absolute Gasteiger partial charge is 0.465 e. The molecule has 2 amide bonds. The molecule has 1 saturated heterocycles. The highest BCUT2D eigenvalue weighted by Gasteiger charge is 2.52. The van der Waals surface area contributed by atoms with E-state index in [0.717, 1.165) is 31.3 Å². The molecule has 0 saturated carbocycles. The molecule has 1 atom stereocenters. The van der Waals surface area contributed by atoms with Crippen molar-refractivity contribution in [1.82, 2.24) is 14.9 Å². The van der Waals surface area contributed by atoms with Crippen LogP contribution in [0.3, 0.4) is 0 Å². The van der Waals surface area contributed by atoms with Crippen LogP contribution in [0.4, 0.5) is 33.9 Å². The van der Waals surface area contributed by atoms with Gasteiger partial charge in [-0.05, 0) is 38.8 Å². The number of esters is 2. The van der Waals surface area contributed by atoms with Crippen molar-refractivity contribution in [3.05, 3.63) is 36.4 Å². The number of halogens is 4. The van der Waals surface area contributed by atoms with Crippen molar-refractivity contribution in [1.29, 1.82) is 0 Å². The van der Waals surface area contributed by atoms with Crippen LogP contribution >= 0.6 is 0 Å². The smallest absolute Gasteiger partial charge is 0.409 e. The minimum atomic E-state index is -5.12. The molecule has 2 N–H and O–H groups in total. The van der Waals surface area contributed by atoms with Gasteiger partial charge in [0, 0.05) is 30.9 Å². The number of benzene rings is 1. The zero-order valence-corrected chi connectivity index (χ0v) is 21.1. The van der Waals surface area contributed by atoms with Crippen LogP contribution in [0.1, 0.15) is 26.7 Å². The Morgan fingerprint density at radius 1 is 1.03 bits per heavy atom. The van der Waals surface area contributed by atoms with Gasteiger partial charge in [-0.1, -0.05) is 0 Å². The molecule has 1 unspecified atom stereocenters. The topological polar surface area (TPSA) is 132 Å². The number of alkyl halides is 3. The van der Waals surface area contributed by atoms with Crippen LogP contribution in [-0.4, -0.2) is 71.4 Å². The Morgan fingerprint density at radius 3 is 2.23 bits per heavy atom. The normalized spacial score (nSPS) is 14.1. The van der Waals surface area contributed by atoms with Gasteiger partial charge in [0.25, 0.3) is 0 Å². The number of anilines is 2. The van der Waals surface area contributed by atoms with Crippen molar-refractivity contribution in [3.8, 4) is 11.6 Å². The minimum Gasteiger partial charge on any atom is -0.465 e. The monoisotopic (exact) mass is 557 g/mol. The summed E-state index contributed by atoms with van der Waals surface area (Å²) in [6.07, 6.45) is -2.24. The van der Waals surface area contributed by atoms with E-state index < -0.39 is 47.3 Å². The fraction of sp³-hybridized carbons (Fsp3) is 0.458. The van der Waals surface area contributed by atoms with Gasteiger partial charge in [-0.3, -0.25) is 14.9 Å². The summed E-state index contributed by atoms with van der Waals surface area (Å²) in [5, 5.41) is 4.57. The SMILES string of the molecule is CCOC(=O)C(C(=O)OCC)C(Nc1ccc(Oc2cc(NC(=O)N3CCCC3)ncn2)c(F)c1)C(F)(F)F. The lowest BCUT2D eigenvalue weighted by molar-refractivity contribution is -0.184. The van der Waals surface area contributed by atoms with Crippen LogP contribution in [0.5, 0.6) is 11.6 Å². The molecule has 0 aliphatic carbocycles. The molecule has 212 valence electrons. The molecule has 2 aromatic rings. The van der Waals surface area contributed by atoms with Crippen LogP contribution in [0.25, 0.3) is 0 Å². The summed E-state index contributed by atoms with van der Waals surface area (Å²) in [6.45, 7) is 3.42. The maximum atomic E-state index is 14.8. The Bertz CT molecular complexity index is 1160. The van der Waals surface area contributed by atoms with E-state index in [2.05, 4.69) is 24.8 Å². The highest BCUT2D eigenvalue weighted by Crippen LogP contribution is 2.33. The van der Waals surface area contributed by atoms with E-state index in [4.69, 9.17) is 4.74 Å². The zero-order chi connectivity index (χ0) is 28.6. The third kappa shape index (κ3) is 7.91. The summed E-state index contributed by atoms with van der Waals surface area (Å²) in [5.74, 6) is -6.78. The average molecular weight is 558 g/mol. The lowest BCUT2D eigenvalue weighted by atomic mass is 9.98. The quantitative estimate of drug-likeness (QED) is 0.252. The van der Waals surface area contributed by atoms with Gasteiger partial charge in [-0.15, -0.1) is 0 Å². The molecule has 15 heteroatoms. The van der Waals surface area contributed by atoms with Gasteiger partial charge in [0.05, 0.1) is 13.2 Å². The van der Waals surface area contributed by atoms with Crippen molar-refractivity contribution >= 4 is 29.5 Å². The maximum absolute atomic E-state index is 14.8. The van der Waals surface area contributed by atoms with E-state index in [1.165, 1.54) is 19.9 Å². The van der Waals surface area contributed by atoms with Gasteiger partial charge in [-0.2, -0.15) is 13.2 Å². The average Bonchev–Trinajstić information content (AvgIpc) is 3.41. The minimum absolute atomic E-state index is 0.104. The first-order valence-electron chi connectivity index (χ1n) is 12.0. The number of nitrogens with one attached hydrogen (secondary N) is 2. The molecule has 1 aromatic carbocycles. The number of rotatable bonds is 10.